The first-order chi connectivity index (χ1) is 12.9. The van der Waals surface area contributed by atoms with Crippen LogP contribution in [0.3, 0.4) is 0 Å². The fourth-order valence-electron chi connectivity index (χ4n) is 3.24. The number of piperidine rings is 1. The number of halogens is 3. The molecule has 3 nitrogen and oxygen atoms in total. The molecule has 0 unspecified atom stereocenters. The molecule has 0 aliphatic carbocycles. The second-order valence-electron chi connectivity index (χ2n) is 6.48. The van der Waals surface area contributed by atoms with E-state index in [1.165, 1.54) is 30.7 Å². The number of alkyl halides is 3. The molecule has 0 saturated carbocycles. The highest BCUT2D eigenvalue weighted by Crippen LogP contribution is 2.34. The number of carbonyl (C=O) groups is 1. The van der Waals surface area contributed by atoms with Crippen molar-refractivity contribution >= 4 is 22.9 Å². The zero-order valence-electron chi connectivity index (χ0n) is 14.8. The Labute approximate surface area is 156 Å². The summed E-state index contributed by atoms with van der Waals surface area (Å²) in [6, 6.07) is 14.6. The van der Waals surface area contributed by atoms with Gasteiger partial charge in [-0.05, 0) is 37.0 Å². The predicted molar refractivity (Wildman–Crippen MR) is 102 cm³/mol. The van der Waals surface area contributed by atoms with Gasteiger partial charge in [0.15, 0.2) is 0 Å². The lowest BCUT2D eigenvalue weighted by Crippen LogP contribution is -2.30. The maximum Gasteiger partial charge on any atom is 0.417 e. The van der Waals surface area contributed by atoms with E-state index in [1.807, 2.05) is 12.1 Å². The highest BCUT2D eigenvalue weighted by Gasteiger charge is 2.35. The number of anilines is 2. The van der Waals surface area contributed by atoms with Gasteiger partial charge in [-0.15, -0.1) is 0 Å². The monoisotopic (exact) mass is 374 g/mol. The van der Waals surface area contributed by atoms with Crippen LogP contribution in [0.2, 0.25) is 0 Å². The minimum Gasteiger partial charge on any atom is -0.370 e. The van der Waals surface area contributed by atoms with E-state index >= 15 is 0 Å². The summed E-state index contributed by atoms with van der Waals surface area (Å²) in [5.41, 5.74) is 0.364. The number of para-hydroxylation sites is 2. The molecule has 0 radical (unpaired) electrons. The summed E-state index contributed by atoms with van der Waals surface area (Å²) < 4.78 is 40.3. The maximum atomic E-state index is 13.4. The number of carbonyl (C=O) groups excluding carboxylic acids is 1. The minimum atomic E-state index is -4.62. The first-order valence-electron chi connectivity index (χ1n) is 8.94. The Morgan fingerprint density at radius 2 is 1.56 bits per heavy atom. The van der Waals surface area contributed by atoms with Crippen molar-refractivity contribution in [2.75, 3.05) is 23.3 Å². The van der Waals surface area contributed by atoms with E-state index in [9.17, 15) is 18.0 Å². The fraction of sp³-hybridized carbons (Fsp3) is 0.286. The third-order valence-electron chi connectivity index (χ3n) is 4.52. The minimum absolute atomic E-state index is 0.0375. The zero-order chi connectivity index (χ0) is 19.3. The summed E-state index contributed by atoms with van der Waals surface area (Å²) in [5, 5.41) is 2.62. The van der Waals surface area contributed by atoms with Gasteiger partial charge in [-0.2, -0.15) is 13.2 Å². The normalized spacial score (nSPS) is 15.5. The van der Waals surface area contributed by atoms with Crippen molar-refractivity contribution in [2.24, 2.45) is 0 Å². The molecule has 1 aliphatic rings. The molecular formula is C21H21F3N2O. The number of amides is 1. The van der Waals surface area contributed by atoms with Crippen molar-refractivity contribution in [1.29, 1.82) is 0 Å². The van der Waals surface area contributed by atoms with E-state index in [0.29, 0.717) is 11.8 Å². The third-order valence-corrected chi connectivity index (χ3v) is 4.52. The molecule has 142 valence electrons. The molecule has 1 heterocycles. The number of allylic oxidation sites excluding steroid dienone is 1. The first kappa shape index (κ1) is 19.0. The zero-order valence-corrected chi connectivity index (χ0v) is 14.8. The smallest absolute Gasteiger partial charge is 0.370 e. The Kier molecular flexibility index (Phi) is 5.84. The number of benzene rings is 2. The predicted octanol–water partition coefficient (Wildman–Crippen LogP) is 5.26. The Morgan fingerprint density at radius 3 is 2.22 bits per heavy atom. The van der Waals surface area contributed by atoms with Gasteiger partial charge in [-0.3, -0.25) is 4.79 Å². The van der Waals surface area contributed by atoms with E-state index in [4.69, 9.17) is 0 Å². The van der Waals surface area contributed by atoms with Gasteiger partial charge in [0.05, 0.1) is 16.9 Å². The van der Waals surface area contributed by atoms with Gasteiger partial charge in [0.1, 0.15) is 0 Å². The van der Waals surface area contributed by atoms with Crippen LogP contribution < -0.4 is 10.2 Å². The van der Waals surface area contributed by atoms with E-state index in [0.717, 1.165) is 31.6 Å². The second kappa shape index (κ2) is 8.29. The van der Waals surface area contributed by atoms with Gasteiger partial charge in [-0.25, -0.2) is 0 Å². The molecule has 27 heavy (non-hydrogen) atoms. The molecule has 1 amide bonds. The van der Waals surface area contributed by atoms with E-state index in [-0.39, 0.29) is 5.56 Å². The van der Waals surface area contributed by atoms with Crippen molar-refractivity contribution in [1.82, 2.24) is 0 Å². The largest absolute Gasteiger partial charge is 0.417 e. The van der Waals surface area contributed by atoms with Crippen LogP contribution >= 0.6 is 0 Å². The van der Waals surface area contributed by atoms with Crippen LogP contribution in [0.25, 0.3) is 5.57 Å². The van der Waals surface area contributed by atoms with Gasteiger partial charge in [-0.1, -0.05) is 42.5 Å². The SMILES string of the molecule is O=C(/C=C(\c1ccccc1)C(F)(F)F)Nc1ccccc1N1CCCCC1. The summed E-state index contributed by atoms with van der Waals surface area (Å²) in [6.45, 7) is 1.75. The van der Waals surface area contributed by atoms with Crippen molar-refractivity contribution in [3.8, 4) is 0 Å². The van der Waals surface area contributed by atoms with Crippen LogP contribution in [0.1, 0.15) is 24.8 Å². The molecule has 1 saturated heterocycles. The van der Waals surface area contributed by atoms with Gasteiger partial charge < -0.3 is 10.2 Å². The molecule has 6 heteroatoms. The standard InChI is InChI=1S/C21H21F3N2O/c22-21(23,24)17(16-9-3-1-4-10-16)15-20(27)25-18-11-5-6-12-19(18)26-13-7-2-8-14-26/h1,3-6,9-12,15H,2,7-8,13-14H2,(H,25,27)/b17-15+. The Morgan fingerprint density at radius 1 is 0.926 bits per heavy atom. The van der Waals surface area contributed by atoms with Crippen molar-refractivity contribution in [2.45, 2.75) is 25.4 Å². The average Bonchev–Trinajstić information content (AvgIpc) is 2.67. The molecule has 0 spiro atoms. The van der Waals surface area contributed by atoms with Crippen LogP contribution in [-0.2, 0) is 4.79 Å². The molecule has 3 rings (SSSR count). The van der Waals surface area contributed by atoms with Crippen molar-refractivity contribution in [3.63, 3.8) is 0 Å². The maximum absolute atomic E-state index is 13.4. The summed E-state index contributed by atoms with van der Waals surface area (Å²) in [7, 11) is 0. The third kappa shape index (κ3) is 4.90. The highest BCUT2D eigenvalue weighted by molar-refractivity contribution is 6.06. The summed E-state index contributed by atoms with van der Waals surface area (Å²) >= 11 is 0. The van der Waals surface area contributed by atoms with E-state index in [1.54, 1.807) is 18.2 Å². The number of nitrogens with zero attached hydrogens (tertiary/aromatic N) is 1. The Balaban J connectivity index is 1.85. The molecule has 0 atom stereocenters. The van der Waals surface area contributed by atoms with Gasteiger partial charge in [0, 0.05) is 19.2 Å². The fourth-order valence-corrected chi connectivity index (χ4v) is 3.24. The summed E-state index contributed by atoms with van der Waals surface area (Å²) in [4.78, 5) is 14.5. The van der Waals surface area contributed by atoms with Crippen LogP contribution in [0.15, 0.2) is 60.7 Å². The van der Waals surface area contributed by atoms with Gasteiger partial charge >= 0.3 is 6.18 Å². The highest BCUT2D eigenvalue weighted by atomic mass is 19.4. The lowest BCUT2D eigenvalue weighted by atomic mass is 10.0. The lowest BCUT2D eigenvalue weighted by Gasteiger charge is -2.30. The second-order valence-corrected chi connectivity index (χ2v) is 6.48. The molecular weight excluding hydrogens is 353 g/mol. The molecule has 2 aromatic carbocycles. The van der Waals surface area contributed by atoms with Gasteiger partial charge in [0.2, 0.25) is 5.91 Å². The van der Waals surface area contributed by atoms with Crippen LogP contribution in [-0.4, -0.2) is 25.2 Å². The van der Waals surface area contributed by atoms with E-state index in [2.05, 4.69) is 10.2 Å². The molecule has 0 bridgehead atoms. The number of hydrogen-bond acceptors (Lipinski definition) is 2. The molecule has 2 aromatic rings. The van der Waals surface area contributed by atoms with Gasteiger partial charge in [0.25, 0.3) is 0 Å². The van der Waals surface area contributed by atoms with Crippen LogP contribution in [0, 0.1) is 0 Å². The van der Waals surface area contributed by atoms with Crippen molar-refractivity contribution < 1.29 is 18.0 Å². The van der Waals surface area contributed by atoms with E-state index < -0.39 is 17.7 Å². The first-order valence-corrected chi connectivity index (χ1v) is 8.94. The van der Waals surface area contributed by atoms with Crippen LogP contribution in [0.4, 0.5) is 24.5 Å². The molecule has 0 aromatic heterocycles. The summed E-state index contributed by atoms with van der Waals surface area (Å²) in [6.07, 6.45) is -0.698. The average molecular weight is 374 g/mol. The number of nitrogens with one attached hydrogen (secondary N) is 1. The Hall–Kier alpha value is -2.76. The molecule has 1 aliphatic heterocycles. The van der Waals surface area contributed by atoms with Crippen LogP contribution in [0.5, 0.6) is 0 Å². The topological polar surface area (TPSA) is 32.3 Å². The Bertz CT molecular complexity index is 810. The lowest BCUT2D eigenvalue weighted by molar-refractivity contribution is -0.112. The number of hydrogen-bond donors (Lipinski definition) is 1. The quantitative estimate of drug-likeness (QED) is 0.740. The summed E-state index contributed by atoms with van der Waals surface area (Å²) in [5.74, 6) is -0.796. The molecule has 1 N–H and O–H groups in total. The molecule has 1 fully saturated rings. The van der Waals surface area contributed by atoms with Crippen molar-refractivity contribution in [3.05, 3.63) is 66.2 Å². The number of rotatable bonds is 4.